The normalized spacial score (nSPS) is 16.7. The molecule has 0 saturated heterocycles. The Hall–Kier alpha value is -0.310. The molecule has 1 unspecified atom stereocenters. The average Bonchev–Trinajstić information content (AvgIpc) is 1.49. The van der Waals surface area contributed by atoms with E-state index in [1.165, 1.54) is 0 Å². The van der Waals surface area contributed by atoms with Crippen molar-refractivity contribution >= 4 is 11.1 Å². The van der Waals surface area contributed by atoms with Crippen LogP contribution in [0.1, 0.15) is 0 Å². The second kappa shape index (κ2) is 3.21. The molecule has 0 rings (SSSR count). The van der Waals surface area contributed by atoms with Gasteiger partial charge in [0.2, 0.25) is 5.25 Å². The smallest absolute Gasteiger partial charge is 0.410 e. The Morgan fingerprint density at radius 2 is 1.25 bits per heavy atom. The molecule has 0 aromatic rings. The lowest BCUT2D eigenvalue weighted by Crippen LogP contribution is -2.45. The molecule has 0 radical (unpaired) electrons. The highest BCUT2D eigenvalue weighted by atomic mass is 32.2. The zero-order chi connectivity index (χ0) is 10.2. The molecule has 0 aromatic heterocycles. The third-order valence-electron chi connectivity index (χ3n) is 0.787. The molecule has 74 valence electrons. The second-order valence-corrected chi connectivity index (χ2v) is 2.72. The minimum Gasteiger partial charge on any atom is -0.772 e. The fourth-order valence-electron chi connectivity index (χ4n) is 0.404. The molecule has 0 saturated carbocycles. The van der Waals surface area contributed by atoms with Crippen molar-refractivity contribution in [2.45, 2.75) is 17.6 Å². The number of hydrogen-bond donors (Lipinski definition) is 0. The first-order chi connectivity index (χ1) is 5.07. The average molecular weight is 215 g/mol. The van der Waals surface area contributed by atoms with Crippen molar-refractivity contribution in [3.8, 4) is 0 Å². The van der Waals surface area contributed by atoms with Crippen molar-refractivity contribution < 1.29 is 35.1 Å². The molecule has 0 N–H and O–H groups in total. The van der Waals surface area contributed by atoms with E-state index < -0.39 is 28.7 Å². The van der Waals surface area contributed by atoms with Gasteiger partial charge in [-0.3, -0.25) is 4.21 Å². The van der Waals surface area contributed by atoms with Crippen LogP contribution in [0.25, 0.3) is 0 Å². The van der Waals surface area contributed by atoms with Crippen LogP contribution in [0, 0.1) is 0 Å². The minimum absolute atomic E-state index is 4.24. The maximum Gasteiger partial charge on any atom is 0.410 e. The third kappa shape index (κ3) is 2.97. The van der Waals surface area contributed by atoms with Crippen LogP contribution in [0.2, 0.25) is 0 Å². The van der Waals surface area contributed by atoms with Crippen molar-refractivity contribution in [3.05, 3.63) is 0 Å². The van der Waals surface area contributed by atoms with Crippen molar-refractivity contribution in [1.82, 2.24) is 0 Å². The maximum absolute atomic E-state index is 11.4. The van der Waals surface area contributed by atoms with Gasteiger partial charge in [-0.15, -0.1) is 0 Å². The van der Waals surface area contributed by atoms with Crippen LogP contribution in [0.3, 0.4) is 0 Å². The third-order valence-corrected chi connectivity index (χ3v) is 1.71. The van der Waals surface area contributed by atoms with Gasteiger partial charge in [0.05, 0.1) is 0 Å². The van der Waals surface area contributed by atoms with E-state index in [0.717, 1.165) is 0 Å². The monoisotopic (exact) mass is 215 g/mol. The standard InChI is InChI=1S/C3H2F6O2S/c4-2(5,6)1(12(10)11)3(7,8)9/h1H,(H,10,11)/p-1. The summed E-state index contributed by atoms with van der Waals surface area (Å²) in [4.78, 5) is 0. The summed E-state index contributed by atoms with van der Waals surface area (Å²) in [6.45, 7) is 0. The highest BCUT2D eigenvalue weighted by molar-refractivity contribution is 7.80. The second-order valence-electron chi connectivity index (χ2n) is 1.72. The van der Waals surface area contributed by atoms with E-state index in [9.17, 15) is 35.1 Å². The van der Waals surface area contributed by atoms with Crippen molar-refractivity contribution in [3.63, 3.8) is 0 Å². The van der Waals surface area contributed by atoms with Crippen molar-refractivity contribution in [2.24, 2.45) is 0 Å². The predicted molar refractivity (Wildman–Crippen MR) is 24.8 cm³/mol. The van der Waals surface area contributed by atoms with Crippen LogP contribution >= 0.6 is 0 Å². The lowest BCUT2D eigenvalue weighted by Gasteiger charge is -2.24. The first kappa shape index (κ1) is 11.7. The van der Waals surface area contributed by atoms with Crippen molar-refractivity contribution in [1.29, 1.82) is 0 Å². The van der Waals surface area contributed by atoms with Crippen LogP contribution in [0.5, 0.6) is 0 Å². The molecule has 12 heavy (non-hydrogen) atoms. The van der Waals surface area contributed by atoms with E-state index >= 15 is 0 Å². The van der Waals surface area contributed by atoms with E-state index in [2.05, 4.69) is 0 Å². The molecular formula is C3HF6O2S-. The first-order valence-corrected chi connectivity index (χ1v) is 3.42. The van der Waals surface area contributed by atoms with Gasteiger partial charge in [0.1, 0.15) is 0 Å². The first-order valence-electron chi connectivity index (χ1n) is 2.28. The molecule has 0 heterocycles. The number of hydrogen-bond acceptors (Lipinski definition) is 2. The SMILES string of the molecule is O=S([O-])C(C(F)(F)F)C(F)(F)F. The molecule has 0 aliphatic carbocycles. The van der Waals surface area contributed by atoms with Gasteiger partial charge in [-0.2, -0.15) is 26.3 Å². The summed E-state index contributed by atoms with van der Waals surface area (Å²) in [5, 5.41) is -4.30. The molecule has 0 aromatic carbocycles. The quantitative estimate of drug-likeness (QED) is 0.489. The zero-order valence-corrected chi connectivity index (χ0v) is 5.89. The van der Waals surface area contributed by atoms with E-state index in [1.807, 2.05) is 0 Å². The van der Waals surface area contributed by atoms with Gasteiger partial charge in [0, 0.05) is 0 Å². The number of halogens is 6. The molecule has 0 fully saturated rings. The Labute approximate surface area is 64.8 Å². The van der Waals surface area contributed by atoms with E-state index in [1.54, 1.807) is 0 Å². The molecule has 0 aliphatic heterocycles. The molecule has 0 bridgehead atoms. The Bertz CT molecular complexity index is 168. The van der Waals surface area contributed by atoms with Crippen LogP contribution in [-0.4, -0.2) is 26.4 Å². The Morgan fingerprint density at radius 3 is 1.25 bits per heavy atom. The fraction of sp³-hybridized carbons (Fsp3) is 1.00. The van der Waals surface area contributed by atoms with Gasteiger partial charge in [-0.05, 0) is 11.1 Å². The summed E-state index contributed by atoms with van der Waals surface area (Å²) in [7, 11) is 0. The van der Waals surface area contributed by atoms with Crippen LogP contribution in [-0.2, 0) is 11.1 Å². The predicted octanol–water partition coefficient (Wildman–Crippen LogP) is 1.36. The Morgan fingerprint density at radius 1 is 1.00 bits per heavy atom. The van der Waals surface area contributed by atoms with Crippen LogP contribution in [0.15, 0.2) is 0 Å². The molecule has 0 aliphatic rings. The van der Waals surface area contributed by atoms with Gasteiger partial charge in [0.25, 0.3) is 0 Å². The molecule has 0 spiro atoms. The highest BCUT2D eigenvalue weighted by Gasteiger charge is 2.57. The largest absolute Gasteiger partial charge is 0.772 e. The maximum atomic E-state index is 11.4. The lowest BCUT2D eigenvalue weighted by molar-refractivity contribution is -0.226. The summed E-state index contributed by atoms with van der Waals surface area (Å²) >= 11 is -4.24. The van der Waals surface area contributed by atoms with E-state index in [-0.39, 0.29) is 0 Å². The topological polar surface area (TPSA) is 40.1 Å². The summed E-state index contributed by atoms with van der Waals surface area (Å²) in [5.41, 5.74) is 0. The summed E-state index contributed by atoms with van der Waals surface area (Å²) in [6, 6.07) is 0. The summed E-state index contributed by atoms with van der Waals surface area (Å²) < 4.78 is 87.2. The zero-order valence-electron chi connectivity index (χ0n) is 5.07. The van der Waals surface area contributed by atoms with Crippen molar-refractivity contribution in [2.75, 3.05) is 0 Å². The lowest BCUT2D eigenvalue weighted by atomic mass is 10.4. The van der Waals surface area contributed by atoms with Gasteiger partial charge < -0.3 is 4.55 Å². The highest BCUT2D eigenvalue weighted by Crippen LogP contribution is 2.36. The fourth-order valence-corrected chi connectivity index (χ4v) is 0.840. The molecule has 1 atom stereocenters. The van der Waals surface area contributed by atoms with Gasteiger partial charge in [0.15, 0.2) is 0 Å². The molecular weight excluding hydrogens is 214 g/mol. The Kier molecular flexibility index (Phi) is 3.12. The van der Waals surface area contributed by atoms with E-state index in [4.69, 9.17) is 0 Å². The van der Waals surface area contributed by atoms with Gasteiger partial charge in [-0.1, -0.05) is 0 Å². The summed E-state index contributed by atoms with van der Waals surface area (Å²) in [6.07, 6.45) is -11.6. The molecule has 2 nitrogen and oxygen atoms in total. The van der Waals surface area contributed by atoms with Gasteiger partial charge in [-0.25, -0.2) is 0 Å². The number of alkyl halides is 6. The Balaban J connectivity index is 4.82. The number of rotatable bonds is 1. The summed E-state index contributed by atoms with van der Waals surface area (Å²) in [5.74, 6) is 0. The van der Waals surface area contributed by atoms with E-state index in [0.29, 0.717) is 0 Å². The van der Waals surface area contributed by atoms with Crippen LogP contribution in [0.4, 0.5) is 26.3 Å². The minimum atomic E-state index is -5.81. The van der Waals surface area contributed by atoms with Gasteiger partial charge >= 0.3 is 12.4 Å². The molecule has 0 amide bonds. The molecule has 9 heteroatoms. The van der Waals surface area contributed by atoms with Crippen LogP contribution < -0.4 is 0 Å².